The van der Waals surface area contributed by atoms with Gasteiger partial charge in [-0.2, -0.15) is 0 Å². The maximum absolute atomic E-state index is 13.5. The predicted molar refractivity (Wildman–Crippen MR) is 298 cm³/mol. The maximum Gasteiger partial charge on any atom is 0.306 e. The molecule has 0 aromatic rings. The van der Waals surface area contributed by atoms with E-state index < -0.39 is 26.6 Å². The van der Waals surface area contributed by atoms with Crippen LogP contribution in [0.3, 0.4) is 0 Å². The average Bonchev–Trinajstić information content (AvgIpc) is 3.32. The molecule has 0 aromatic heterocycles. The van der Waals surface area contributed by atoms with Crippen LogP contribution in [0.5, 0.6) is 0 Å². The fourth-order valence-electron chi connectivity index (χ4n) is 7.66. The van der Waals surface area contributed by atoms with E-state index in [0.29, 0.717) is 23.9 Å². The van der Waals surface area contributed by atoms with Gasteiger partial charge in [-0.15, -0.1) is 0 Å². The summed E-state index contributed by atoms with van der Waals surface area (Å²) in [5.41, 5.74) is 0. The van der Waals surface area contributed by atoms with Crippen LogP contribution in [0.25, 0.3) is 0 Å². The van der Waals surface area contributed by atoms with Gasteiger partial charge in [0.2, 0.25) is 5.91 Å². The molecule has 1 N–H and O–H groups in total. The summed E-state index contributed by atoms with van der Waals surface area (Å²) in [4.78, 5) is 39.8. The van der Waals surface area contributed by atoms with Crippen molar-refractivity contribution in [3.8, 4) is 0 Å². The molecule has 0 saturated carbocycles. The first-order valence-corrected chi connectivity index (χ1v) is 29.9. The van der Waals surface area contributed by atoms with Crippen molar-refractivity contribution in [3.05, 3.63) is 85.1 Å². The summed E-state index contributed by atoms with van der Waals surface area (Å²) in [6.07, 6.45) is 64.0. The van der Waals surface area contributed by atoms with Crippen LogP contribution < -0.4 is 10.2 Å². The number of hydrogen-bond donors (Lipinski definition) is 1. The number of ether oxygens (including phenoxy) is 1. The second-order valence-corrected chi connectivity index (χ2v) is 21.5. The molecule has 0 bridgehead atoms. The van der Waals surface area contributed by atoms with Crippen molar-refractivity contribution in [1.82, 2.24) is 5.32 Å². The van der Waals surface area contributed by atoms with Crippen LogP contribution in [0.2, 0.25) is 0 Å². The van der Waals surface area contributed by atoms with Gasteiger partial charge in [0.05, 0.1) is 33.8 Å². The van der Waals surface area contributed by atoms with Crippen LogP contribution in [0.4, 0.5) is 0 Å². The SMILES string of the molecule is CC/C=C/C/C=C/C/C=C/CCCCCCCCC(=O)NC(COP(=O)([O-])OCC[N+](C)(C)C)C(/C=C/CCCCCCCCCCC)OC(=O)CCCCCC/C=C\C/C=C\C/C=C\CCCCC. The number of likely N-dealkylation sites (N-methyl/N-ethyl adjacent to an activating group) is 1. The Balaban J connectivity index is 5.39. The van der Waals surface area contributed by atoms with E-state index in [1.807, 2.05) is 33.3 Å². The fraction of sp³-hybridized carbons (Fsp3) is 0.733. The summed E-state index contributed by atoms with van der Waals surface area (Å²) in [7, 11) is 1.15. The predicted octanol–water partition coefficient (Wildman–Crippen LogP) is 16.4. The van der Waals surface area contributed by atoms with Gasteiger partial charge in [0.1, 0.15) is 19.3 Å². The minimum atomic E-state index is -4.71. The van der Waals surface area contributed by atoms with E-state index in [1.54, 1.807) is 0 Å². The third-order valence-corrected chi connectivity index (χ3v) is 13.0. The van der Waals surface area contributed by atoms with Gasteiger partial charge in [-0.25, -0.2) is 0 Å². The number of unbranched alkanes of at least 4 members (excludes halogenated alkanes) is 22. The second-order valence-electron chi connectivity index (χ2n) is 20.1. The zero-order valence-electron chi connectivity index (χ0n) is 45.9. The molecular weight excluding hydrogens is 892 g/mol. The van der Waals surface area contributed by atoms with Crippen LogP contribution >= 0.6 is 7.82 Å². The van der Waals surface area contributed by atoms with Crippen LogP contribution in [0.1, 0.15) is 233 Å². The standard InChI is InChI=1S/C60H107N2O7P/c1-7-10-13-16-19-22-25-27-29-31-33-35-38-41-44-47-50-53-60(64)69-58(51-48-45-42-39-36-24-21-18-15-12-9-3)57(56-68-70(65,66)67-55-54-62(4,5)6)61-59(63)52-49-46-43-40-37-34-32-30-28-26-23-20-17-14-11-8-2/h11,14,19-20,22-23,27-30,33,35,48,51,57-58H,7-10,12-13,15-18,21,24-26,31-32,34,36-47,49-50,52-56H2,1-6H3,(H-,61,63,65,66)/b14-11+,22-19-,23-20+,29-27-,30-28+,35-33-,51-48+. The van der Waals surface area contributed by atoms with Crippen molar-refractivity contribution in [3.63, 3.8) is 0 Å². The maximum atomic E-state index is 13.5. The molecule has 404 valence electrons. The number of esters is 1. The van der Waals surface area contributed by atoms with Crippen LogP contribution in [0, 0.1) is 0 Å². The van der Waals surface area contributed by atoms with Gasteiger partial charge in [0, 0.05) is 12.8 Å². The first-order chi connectivity index (χ1) is 33.9. The minimum Gasteiger partial charge on any atom is -0.756 e. The lowest BCUT2D eigenvalue weighted by atomic mass is 10.1. The monoisotopic (exact) mass is 999 g/mol. The number of allylic oxidation sites excluding steroid dienone is 13. The fourth-order valence-corrected chi connectivity index (χ4v) is 8.38. The Bertz CT molecular complexity index is 1480. The van der Waals surface area contributed by atoms with Crippen molar-refractivity contribution < 1.29 is 37.3 Å². The Hall–Kier alpha value is -2.81. The molecule has 0 fully saturated rings. The first kappa shape index (κ1) is 67.2. The summed E-state index contributed by atoms with van der Waals surface area (Å²) < 4.78 is 30.2. The molecule has 0 saturated heterocycles. The normalized spacial score (nSPS) is 14.4. The number of carbonyl (C=O) groups excluding carboxylic acids is 2. The van der Waals surface area contributed by atoms with Gasteiger partial charge in [0.25, 0.3) is 7.82 Å². The summed E-state index contributed by atoms with van der Waals surface area (Å²) in [6, 6.07) is -0.907. The number of quaternary nitrogens is 1. The third-order valence-electron chi connectivity index (χ3n) is 12.1. The van der Waals surface area contributed by atoms with E-state index in [2.05, 4.69) is 99.0 Å². The molecule has 3 atom stereocenters. The van der Waals surface area contributed by atoms with Gasteiger partial charge < -0.3 is 28.5 Å². The van der Waals surface area contributed by atoms with E-state index in [0.717, 1.165) is 122 Å². The number of rotatable bonds is 50. The Morgan fingerprint density at radius 3 is 1.40 bits per heavy atom. The molecule has 0 aromatic carbocycles. The Morgan fingerprint density at radius 2 is 0.914 bits per heavy atom. The number of phosphoric ester groups is 1. The highest BCUT2D eigenvalue weighted by Crippen LogP contribution is 2.38. The number of amides is 1. The minimum absolute atomic E-state index is 0.0327. The largest absolute Gasteiger partial charge is 0.756 e. The molecule has 0 radical (unpaired) electrons. The molecule has 10 heteroatoms. The molecule has 0 heterocycles. The summed E-state index contributed by atoms with van der Waals surface area (Å²) in [5, 5.41) is 3.00. The van der Waals surface area contributed by atoms with E-state index in [1.165, 1.54) is 70.6 Å². The number of hydrogen-bond acceptors (Lipinski definition) is 7. The van der Waals surface area contributed by atoms with Gasteiger partial charge in [-0.05, 0) is 102 Å². The highest BCUT2D eigenvalue weighted by Gasteiger charge is 2.27. The van der Waals surface area contributed by atoms with Crippen molar-refractivity contribution in [1.29, 1.82) is 0 Å². The molecule has 0 spiro atoms. The van der Waals surface area contributed by atoms with Crippen LogP contribution in [-0.4, -0.2) is 69.4 Å². The van der Waals surface area contributed by atoms with E-state index in [9.17, 15) is 19.0 Å². The lowest BCUT2D eigenvalue weighted by Crippen LogP contribution is -2.47. The third kappa shape index (κ3) is 50.1. The van der Waals surface area contributed by atoms with E-state index in [4.69, 9.17) is 13.8 Å². The van der Waals surface area contributed by atoms with Crippen LogP contribution in [0.15, 0.2) is 85.1 Å². The van der Waals surface area contributed by atoms with E-state index >= 15 is 0 Å². The van der Waals surface area contributed by atoms with E-state index in [-0.39, 0.29) is 24.9 Å². The zero-order valence-corrected chi connectivity index (χ0v) is 46.8. The molecular formula is C60H107N2O7P. The van der Waals surface area contributed by atoms with Gasteiger partial charge >= 0.3 is 5.97 Å². The number of nitrogens with zero attached hydrogens (tertiary/aromatic N) is 1. The number of nitrogens with one attached hydrogen (secondary N) is 1. The van der Waals surface area contributed by atoms with Crippen molar-refractivity contribution >= 4 is 19.7 Å². The molecule has 3 unspecified atom stereocenters. The molecule has 0 aliphatic rings. The van der Waals surface area contributed by atoms with Crippen molar-refractivity contribution in [2.75, 3.05) is 40.9 Å². The quantitative estimate of drug-likeness (QED) is 0.0212. The smallest absolute Gasteiger partial charge is 0.306 e. The van der Waals surface area contributed by atoms with Crippen LogP contribution in [-0.2, 0) is 27.9 Å². The highest BCUT2D eigenvalue weighted by molar-refractivity contribution is 7.45. The molecule has 9 nitrogen and oxygen atoms in total. The lowest BCUT2D eigenvalue weighted by Gasteiger charge is -2.30. The summed E-state index contributed by atoms with van der Waals surface area (Å²) >= 11 is 0. The molecule has 0 rings (SSSR count). The highest BCUT2D eigenvalue weighted by atomic mass is 31.2. The summed E-state index contributed by atoms with van der Waals surface area (Å²) in [5.74, 6) is -0.587. The summed E-state index contributed by atoms with van der Waals surface area (Å²) in [6.45, 7) is 6.65. The molecule has 0 aliphatic heterocycles. The Labute approximate surface area is 431 Å². The van der Waals surface area contributed by atoms with Crippen molar-refractivity contribution in [2.24, 2.45) is 0 Å². The Morgan fingerprint density at radius 1 is 0.514 bits per heavy atom. The molecule has 0 aliphatic carbocycles. The average molecular weight is 999 g/mol. The lowest BCUT2D eigenvalue weighted by molar-refractivity contribution is -0.870. The van der Waals surface area contributed by atoms with Gasteiger partial charge in [-0.1, -0.05) is 202 Å². The first-order valence-electron chi connectivity index (χ1n) is 28.4. The molecule has 1 amide bonds. The van der Waals surface area contributed by atoms with Crippen molar-refractivity contribution in [2.45, 2.75) is 245 Å². The topological polar surface area (TPSA) is 114 Å². The van der Waals surface area contributed by atoms with Gasteiger partial charge in [0.15, 0.2) is 0 Å². The zero-order chi connectivity index (χ0) is 51.5. The Kier molecular flexibility index (Phi) is 47.8. The number of carbonyl (C=O) groups is 2. The van der Waals surface area contributed by atoms with Gasteiger partial charge in [-0.3, -0.25) is 14.2 Å². The second kappa shape index (κ2) is 49.8. The molecule has 70 heavy (non-hydrogen) atoms. The number of phosphoric acid groups is 1.